The average Bonchev–Trinajstić information content (AvgIpc) is 3.01. The number of furan rings is 1. The highest BCUT2D eigenvalue weighted by Gasteiger charge is 2.11. The van der Waals surface area contributed by atoms with Gasteiger partial charge >= 0.3 is 0 Å². The Balaban J connectivity index is 1.68. The van der Waals surface area contributed by atoms with Gasteiger partial charge in [0.15, 0.2) is 11.5 Å². The Bertz CT molecular complexity index is 608. The van der Waals surface area contributed by atoms with Gasteiger partial charge in [0.25, 0.3) is 0 Å². The quantitative estimate of drug-likeness (QED) is 0.797. The van der Waals surface area contributed by atoms with E-state index < -0.39 is 0 Å². The van der Waals surface area contributed by atoms with Crippen molar-refractivity contribution in [3.63, 3.8) is 0 Å². The number of benzene rings is 1. The number of carbonyl (C=O) groups is 2. The van der Waals surface area contributed by atoms with Crippen molar-refractivity contribution in [2.75, 3.05) is 6.54 Å². The van der Waals surface area contributed by atoms with Crippen molar-refractivity contribution in [1.29, 1.82) is 0 Å². The first-order chi connectivity index (χ1) is 10.2. The first kappa shape index (κ1) is 15.0. The SMILES string of the molecule is O=C(CCC(=O)c1ccco1)NCCc1ccccc1F. The fourth-order valence-electron chi connectivity index (χ4n) is 1.91. The maximum absolute atomic E-state index is 13.4. The number of nitrogens with one attached hydrogen (secondary N) is 1. The van der Waals surface area contributed by atoms with Crippen LogP contribution in [-0.4, -0.2) is 18.2 Å². The highest BCUT2D eigenvalue weighted by Crippen LogP contribution is 2.07. The Kier molecular flexibility index (Phi) is 5.26. The topological polar surface area (TPSA) is 59.3 Å². The highest BCUT2D eigenvalue weighted by molar-refractivity contribution is 5.95. The molecule has 0 spiro atoms. The Morgan fingerprint density at radius 1 is 1.10 bits per heavy atom. The van der Waals surface area contributed by atoms with Gasteiger partial charge in [-0.2, -0.15) is 0 Å². The zero-order valence-corrected chi connectivity index (χ0v) is 11.5. The molecule has 0 aliphatic carbocycles. The highest BCUT2D eigenvalue weighted by atomic mass is 19.1. The Labute approximate surface area is 122 Å². The first-order valence-corrected chi connectivity index (χ1v) is 6.73. The molecule has 0 atom stereocenters. The van der Waals surface area contributed by atoms with Crippen LogP contribution in [0.2, 0.25) is 0 Å². The third-order valence-corrected chi connectivity index (χ3v) is 3.05. The van der Waals surface area contributed by atoms with Crippen molar-refractivity contribution < 1.29 is 18.4 Å². The molecule has 1 heterocycles. The summed E-state index contributed by atoms with van der Waals surface area (Å²) in [6.45, 7) is 0.342. The molecule has 0 saturated carbocycles. The minimum Gasteiger partial charge on any atom is -0.461 e. The molecule has 1 N–H and O–H groups in total. The summed E-state index contributed by atoms with van der Waals surface area (Å²) < 4.78 is 18.3. The summed E-state index contributed by atoms with van der Waals surface area (Å²) in [4.78, 5) is 23.2. The van der Waals surface area contributed by atoms with Crippen molar-refractivity contribution in [2.24, 2.45) is 0 Å². The first-order valence-electron chi connectivity index (χ1n) is 6.73. The molecule has 0 aliphatic rings. The summed E-state index contributed by atoms with van der Waals surface area (Å²) in [5.41, 5.74) is 0.560. The van der Waals surface area contributed by atoms with Gasteiger partial charge in [-0.15, -0.1) is 0 Å². The van der Waals surface area contributed by atoms with E-state index in [1.807, 2.05) is 0 Å². The average molecular weight is 289 g/mol. The second-order valence-electron chi connectivity index (χ2n) is 4.59. The largest absolute Gasteiger partial charge is 0.461 e. The van der Waals surface area contributed by atoms with E-state index in [4.69, 9.17) is 4.42 Å². The van der Waals surface area contributed by atoms with Crippen LogP contribution in [-0.2, 0) is 11.2 Å². The van der Waals surface area contributed by atoms with Crippen LogP contribution < -0.4 is 5.32 Å². The molecule has 0 unspecified atom stereocenters. The number of hydrogen-bond acceptors (Lipinski definition) is 3. The number of amides is 1. The number of Topliss-reactive ketones (excluding diaryl/α,β-unsaturated/α-hetero) is 1. The second-order valence-corrected chi connectivity index (χ2v) is 4.59. The molecule has 4 nitrogen and oxygen atoms in total. The van der Waals surface area contributed by atoms with E-state index in [2.05, 4.69) is 5.32 Å². The van der Waals surface area contributed by atoms with Crippen LogP contribution in [0.25, 0.3) is 0 Å². The molecule has 0 fully saturated rings. The van der Waals surface area contributed by atoms with Gasteiger partial charge in [-0.3, -0.25) is 9.59 Å². The van der Waals surface area contributed by atoms with Gasteiger partial charge in [0.2, 0.25) is 5.91 Å². The fraction of sp³-hybridized carbons (Fsp3) is 0.250. The van der Waals surface area contributed by atoms with E-state index in [-0.39, 0.29) is 36.1 Å². The zero-order valence-electron chi connectivity index (χ0n) is 11.5. The van der Waals surface area contributed by atoms with Gasteiger partial charge < -0.3 is 9.73 Å². The molecular formula is C16H16FNO3. The van der Waals surface area contributed by atoms with E-state index in [9.17, 15) is 14.0 Å². The number of hydrogen-bond donors (Lipinski definition) is 1. The summed E-state index contributed by atoms with van der Waals surface area (Å²) >= 11 is 0. The smallest absolute Gasteiger partial charge is 0.220 e. The molecule has 0 saturated heterocycles. The summed E-state index contributed by atoms with van der Waals surface area (Å²) in [5.74, 6) is -0.454. The maximum Gasteiger partial charge on any atom is 0.220 e. The van der Waals surface area contributed by atoms with E-state index in [1.165, 1.54) is 12.3 Å². The van der Waals surface area contributed by atoms with Crippen molar-refractivity contribution in [3.8, 4) is 0 Å². The summed E-state index contributed by atoms with van der Waals surface area (Å²) in [7, 11) is 0. The minimum absolute atomic E-state index is 0.0941. The predicted octanol–water partition coefficient (Wildman–Crippen LogP) is 2.74. The third kappa shape index (κ3) is 4.56. The normalized spacial score (nSPS) is 10.3. The molecule has 0 bridgehead atoms. The van der Waals surface area contributed by atoms with E-state index in [1.54, 1.807) is 30.3 Å². The molecule has 0 aliphatic heterocycles. The molecule has 1 aromatic heterocycles. The molecule has 5 heteroatoms. The van der Waals surface area contributed by atoms with Crippen molar-refractivity contribution in [1.82, 2.24) is 5.32 Å². The molecule has 2 aromatic rings. The minimum atomic E-state index is -0.278. The van der Waals surface area contributed by atoms with Gasteiger partial charge in [0.05, 0.1) is 6.26 Å². The maximum atomic E-state index is 13.4. The van der Waals surface area contributed by atoms with Crippen LogP contribution in [0, 0.1) is 5.82 Å². The van der Waals surface area contributed by atoms with Gasteiger partial charge in [0.1, 0.15) is 5.82 Å². The molecule has 21 heavy (non-hydrogen) atoms. The van der Waals surface area contributed by atoms with Crippen LogP contribution in [0.4, 0.5) is 4.39 Å². The molecule has 1 amide bonds. The van der Waals surface area contributed by atoms with Gasteiger partial charge in [-0.05, 0) is 30.2 Å². The number of rotatable bonds is 7. The fourth-order valence-corrected chi connectivity index (χ4v) is 1.91. The lowest BCUT2D eigenvalue weighted by Gasteiger charge is -2.05. The molecular weight excluding hydrogens is 273 g/mol. The van der Waals surface area contributed by atoms with Gasteiger partial charge in [-0.1, -0.05) is 18.2 Å². The van der Waals surface area contributed by atoms with Gasteiger partial charge in [0, 0.05) is 19.4 Å². The Morgan fingerprint density at radius 2 is 1.90 bits per heavy atom. The number of carbonyl (C=O) groups excluding carboxylic acids is 2. The Morgan fingerprint density at radius 3 is 2.62 bits per heavy atom. The second kappa shape index (κ2) is 7.38. The number of ketones is 1. The molecule has 2 rings (SSSR count). The van der Waals surface area contributed by atoms with Crippen LogP contribution >= 0.6 is 0 Å². The lowest BCUT2D eigenvalue weighted by atomic mass is 10.1. The molecule has 0 radical (unpaired) electrons. The van der Waals surface area contributed by atoms with Crippen LogP contribution in [0.5, 0.6) is 0 Å². The Hall–Kier alpha value is -2.43. The van der Waals surface area contributed by atoms with E-state index in [0.29, 0.717) is 18.5 Å². The zero-order chi connectivity index (χ0) is 15.1. The predicted molar refractivity (Wildman–Crippen MR) is 75.4 cm³/mol. The lowest BCUT2D eigenvalue weighted by molar-refractivity contribution is -0.121. The monoisotopic (exact) mass is 289 g/mol. The molecule has 1 aromatic carbocycles. The third-order valence-electron chi connectivity index (χ3n) is 3.05. The van der Waals surface area contributed by atoms with Crippen LogP contribution in [0.1, 0.15) is 29.0 Å². The number of halogens is 1. The summed E-state index contributed by atoms with van der Waals surface area (Å²) in [5, 5.41) is 2.67. The lowest BCUT2D eigenvalue weighted by Crippen LogP contribution is -2.26. The van der Waals surface area contributed by atoms with Gasteiger partial charge in [-0.25, -0.2) is 4.39 Å². The van der Waals surface area contributed by atoms with Crippen molar-refractivity contribution >= 4 is 11.7 Å². The van der Waals surface area contributed by atoms with Crippen molar-refractivity contribution in [2.45, 2.75) is 19.3 Å². The van der Waals surface area contributed by atoms with Crippen LogP contribution in [0.15, 0.2) is 47.1 Å². The van der Waals surface area contributed by atoms with Crippen molar-refractivity contribution in [3.05, 3.63) is 59.8 Å². The molecule has 110 valence electrons. The summed E-state index contributed by atoms with van der Waals surface area (Å²) in [6.07, 6.45) is 2.03. The van der Waals surface area contributed by atoms with E-state index >= 15 is 0 Å². The van der Waals surface area contributed by atoms with E-state index in [0.717, 1.165) is 0 Å². The standard InChI is InChI=1S/C16H16FNO3/c17-13-5-2-1-4-12(13)9-10-18-16(20)8-7-14(19)15-6-3-11-21-15/h1-6,11H,7-10H2,(H,18,20). The summed E-state index contributed by atoms with van der Waals surface area (Å²) in [6, 6.07) is 9.64. The van der Waals surface area contributed by atoms with Crippen LogP contribution in [0.3, 0.4) is 0 Å².